The molecule has 3 rings (SSSR count). The van der Waals surface area contributed by atoms with E-state index in [9.17, 15) is 23.9 Å². The van der Waals surface area contributed by atoms with Crippen LogP contribution in [0, 0.1) is 5.82 Å². The minimum Gasteiger partial charge on any atom is -0.442 e. The van der Waals surface area contributed by atoms with Crippen LogP contribution < -0.4 is 15.1 Å². The molecular weight excluding hydrogens is 321 g/mol. The molecule has 128 valence electrons. The SMILES string of the molecule is CC(=O)NC[C@H]1CN(c2ccc(N3CC(O)C3=O)c(F)c2)C(=O)O1. The number of β-amino-alcohol motifs (C(OH)–C–C–N with tert-alkyl or cyclic N) is 1. The molecule has 9 heteroatoms. The first kappa shape index (κ1) is 16.2. The number of hydrogen-bond donors (Lipinski definition) is 2. The molecule has 2 aliphatic rings. The molecule has 0 spiro atoms. The number of carbonyl (C=O) groups excluding carboxylic acids is 3. The van der Waals surface area contributed by atoms with Crippen molar-refractivity contribution in [1.29, 1.82) is 0 Å². The van der Waals surface area contributed by atoms with Crippen molar-refractivity contribution in [3.8, 4) is 0 Å². The maximum atomic E-state index is 14.2. The van der Waals surface area contributed by atoms with Gasteiger partial charge < -0.3 is 20.1 Å². The van der Waals surface area contributed by atoms with Crippen LogP contribution in [0.1, 0.15) is 6.92 Å². The average molecular weight is 337 g/mol. The quantitative estimate of drug-likeness (QED) is 0.753. The van der Waals surface area contributed by atoms with E-state index in [-0.39, 0.29) is 31.2 Å². The van der Waals surface area contributed by atoms with E-state index < -0.39 is 30.0 Å². The number of cyclic esters (lactones) is 1. The number of rotatable bonds is 4. The summed E-state index contributed by atoms with van der Waals surface area (Å²) in [6, 6.07) is 4.01. The monoisotopic (exact) mass is 337 g/mol. The fourth-order valence-corrected chi connectivity index (χ4v) is 2.60. The number of amides is 3. The predicted octanol–water partition coefficient (Wildman–Crippen LogP) is -0.00550. The van der Waals surface area contributed by atoms with E-state index in [1.165, 1.54) is 24.0 Å². The Kier molecular flexibility index (Phi) is 4.10. The summed E-state index contributed by atoms with van der Waals surface area (Å²) < 4.78 is 19.4. The van der Waals surface area contributed by atoms with Crippen molar-refractivity contribution in [2.75, 3.05) is 29.4 Å². The number of β-lactam (4-membered cyclic amide) rings is 1. The van der Waals surface area contributed by atoms with Crippen molar-refractivity contribution in [1.82, 2.24) is 5.32 Å². The van der Waals surface area contributed by atoms with Crippen LogP contribution in [-0.4, -0.2) is 54.9 Å². The highest BCUT2D eigenvalue weighted by Crippen LogP contribution is 2.30. The third-order valence-electron chi connectivity index (χ3n) is 3.89. The molecule has 2 heterocycles. The molecule has 1 unspecified atom stereocenters. The Hall–Kier alpha value is -2.68. The Morgan fingerprint density at radius 1 is 1.38 bits per heavy atom. The zero-order chi connectivity index (χ0) is 17.4. The highest BCUT2D eigenvalue weighted by Gasteiger charge is 2.38. The van der Waals surface area contributed by atoms with Crippen molar-refractivity contribution < 1.29 is 28.6 Å². The molecule has 2 saturated heterocycles. The maximum Gasteiger partial charge on any atom is 0.414 e. The number of nitrogens with one attached hydrogen (secondary N) is 1. The molecule has 24 heavy (non-hydrogen) atoms. The number of anilines is 2. The van der Waals surface area contributed by atoms with Gasteiger partial charge in [-0.1, -0.05) is 0 Å². The molecule has 2 N–H and O–H groups in total. The van der Waals surface area contributed by atoms with Crippen LogP contribution in [0.5, 0.6) is 0 Å². The molecule has 2 fully saturated rings. The fraction of sp³-hybridized carbons (Fsp3) is 0.400. The van der Waals surface area contributed by atoms with Gasteiger partial charge in [-0.3, -0.25) is 14.5 Å². The minimum absolute atomic E-state index is 0.0413. The number of aliphatic hydroxyl groups is 1. The van der Waals surface area contributed by atoms with Gasteiger partial charge in [0.15, 0.2) is 6.10 Å². The topological polar surface area (TPSA) is 99.2 Å². The minimum atomic E-state index is -1.09. The highest BCUT2D eigenvalue weighted by molar-refractivity contribution is 6.03. The molecule has 1 aromatic rings. The van der Waals surface area contributed by atoms with E-state index in [1.807, 2.05) is 0 Å². The fourth-order valence-electron chi connectivity index (χ4n) is 2.60. The number of hydrogen-bond acceptors (Lipinski definition) is 5. The lowest BCUT2D eigenvalue weighted by atomic mass is 10.1. The summed E-state index contributed by atoms with van der Waals surface area (Å²) in [5, 5.41) is 11.8. The van der Waals surface area contributed by atoms with Crippen LogP contribution in [0.4, 0.5) is 20.6 Å². The lowest BCUT2D eigenvalue weighted by molar-refractivity contribution is -0.132. The van der Waals surface area contributed by atoms with Gasteiger partial charge in [0, 0.05) is 6.92 Å². The van der Waals surface area contributed by atoms with Gasteiger partial charge in [0.2, 0.25) is 5.91 Å². The number of halogens is 1. The second-order valence-corrected chi connectivity index (χ2v) is 5.65. The normalized spacial score (nSPS) is 23.1. The van der Waals surface area contributed by atoms with Crippen molar-refractivity contribution >= 4 is 29.3 Å². The summed E-state index contributed by atoms with van der Waals surface area (Å²) in [4.78, 5) is 36.6. The smallest absolute Gasteiger partial charge is 0.414 e. The van der Waals surface area contributed by atoms with Gasteiger partial charge in [0.05, 0.1) is 31.0 Å². The van der Waals surface area contributed by atoms with Crippen LogP contribution in [0.25, 0.3) is 0 Å². The summed E-state index contributed by atoms with van der Waals surface area (Å²) in [6.45, 7) is 1.76. The molecular formula is C15H16FN3O5. The molecule has 3 amide bonds. The molecule has 2 atom stereocenters. The Morgan fingerprint density at radius 3 is 2.71 bits per heavy atom. The molecule has 0 aliphatic carbocycles. The third-order valence-corrected chi connectivity index (χ3v) is 3.89. The average Bonchev–Trinajstić information content (AvgIpc) is 2.91. The number of aliphatic hydroxyl groups excluding tert-OH is 1. The van der Waals surface area contributed by atoms with Crippen molar-refractivity contribution in [3.05, 3.63) is 24.0 Å². The van der Waals surface area contributed by atoms with Crippen molar-refractivity contribution in [2.24, 2.45) is 0 Å². The van der Waals surface area contributed by atoms with Crippen LogP contribution >= 0.6 is 0 Å². The Bertz CT molecular complexity index is 710. The van der Waals surface area contributed by atoms with Gasteiger partial charge in [-0.25, -0.2) is 9.18 Å². The summed E-state index contributed by atoms with van der Waals surface area (Å²) in [6.07, 6.45) is -2.24. The Morgan fingerprint density at radius 2 is 2.12 bits per heavy atom. The zero-order valence-corrected chi connectivity index (χ0v) is 12.9. The van der Waals surface area contributed by atoms with Gasteiger partial charge in [-0.2, -0.15) is 0 Å². The molecule has 0 aromatic heterocycles. The lowest BCUT2D eigenvalue weighted by Crippen LogP contribution is -2.57. The van der Waals surface area contributed by atoms with Gasteiger partial charge >= 0.3 is 6.09 Å². The van der Waals surface area contributed by atoms with Crippen LogP contribution in [0.15, 0.2) is 18.2 Å². The number of benzene rings is 1. The number of nitrogens with zero attached hydrogens (tertiary/aromatic N) is 2. The Labute approximate surface area is 136 Å². The summed E-state index contributed by atoms with van der Waals surface area (Å²) >= 11 is 0. The summed E-state index contributed by atoms with van der Waals surface area (Å²) in [5.41, 5.74) is 0.344. The number of carbonyl (C=O) groups is 3. The van der Waals surface area contributed by atoms with Crippen LogP contribution in [0.2, 0.25) is 0 Å². The van der Waals surface area contributed by atoms with E-state index in [1.54, 1.807) is 0 Å². The van der Waals surface area contributed by atoms with Gasteiger partial charge in [-0.05, 0) is 18.2 Å². The zero-order valence-electron chi connectivity index (χ0n) is 12.9. The van der Waals surface area contributed by atoms with Gasteiger partial charge in [0.1, 0.15) is 11.9 Å². The van der Waals surface area contributed by atoms with Crippen molar-refractivity contribution in [3.63, 3.8) is 0 Å². The molecule has 2 aliphatic heterocycles. The van der Waals surface area contributed by atoms with E-state index in [0.717, 1.165) is 11.0 Å². The number of ether oxygens (including phenoxy) is 1. The molecule has 0 bridgehead atoms. The third kappa shape index (κ3) is 2.90. The van der Waals surface area contributed by atoms with Gasteiger partial charge in [-0.15, -0.1) is 0 Å². The standard InChI is InChI=1S/C15H16FN3O5/c1-8(20)17-5-10-6-18(15(23)24-10)9-2-3-12(11(16)4-9)19-7-13(21)14(19)22/h2-4,10,13,21H,5-7H2,1H3,(H,17,20)/t10-,13?/m0/s1. The van der Waals surface area contributed by atoms with Crippen molar-refractivity contribution in [2.45, 2.75) is 19.1 Å². The largest absolute Gasteiger partial charge is 0.442 e. The lowest BCUT2D eigenvalue weighted by Gasteiger charge is -2.35. The second-order valence-electron chi connectivity index (χ2n) is 5.65. The van der Waals surface area contributed by atoms with Crippen LogP contribution in [-0.2, 0) is 14.3 Å². The Balaban J connectivity index is 1.71. The highest BCUT2D eigenvalue weighted by atomic mass is 19.1. The molecule has 0 saturated carbocycles. The first-order valence-corrected chi connectivity index (χ1v) is 7.38. The molecule has 8 nitrogen and oxygen atoms in total. The molecule has 1 aromatic carbocycles. The molecule has 0 radical (unpaired) electrons. The predicted molar refractivity (Wildman–Crippen MR) is 81.1 cm³/mol. The first-order chi connectivity index (χ1) is 11.4. The summed E-state index contributed by atoms with van der Waals surface area (Å²) in [7, 11) is 0. The maximum absolute atomic E-state index is 14.2. The van der Waals surface area contributed by atoms with Crippen LogP contribution in [0.3, 0.4) is 0 Å². The van der Waals surface area contributed by atoms with E-state index >= 15 is 0 Å². The second kappa shape index (κ2) is 6.08. The van der Waals surface area contributed by atoms with Gasteiger partial charge in [0.25, 0.3) is 5.91 Å². The summed E-state index contributed by atoms with van der Waals surface area (Å²) in [5.74, 6) is -1.47. The van der Waals surface area contributed by atoms with E-state index in [4.69, 9.17) is 4.74 Å². The van der Waals surface area contributed by atoms with E-state index in [0.29, 0.717) is 5.69 Å². The van der Waals surface area contributed by atoms with E-state index in [2.05, 4.69) is 5.32 Å². The first-order valence-electron chi connectivity index (χ1n) is 7.38.